The normalized spacial score (nSPS) is 9.41. The second-order valence-electron chi connectivity index (χ2n) is 3.01. The summed E-state index contributed by atoms with van der Waals surface area (Å²) in [5, 5.41) is 0.308. The molecule has 0 heterocycles. The molecule has 0 radical (unpaired) electrons. The Morgan fingerprint density at radius 2 is 1.88 bits per heavy atom. The number of benzene rings is 1. The lowest BCUT2D eigenvalue weighted by molar-refractivity contribution is 0.348. The van der Waals surface area contributed by atoms with Crippen LogP contribution in [0.3, 0.4) is 0 Å². The van der Waals surface area contributed by atoms with Crippen LogP contribution in [-0.4, -0.2) is 27.4 Å². The summed E-state index contributed by atoms with van der Waals surface area (Å²) in [6, 6.07) is 1.63. The van der Waals surface area contributed by atoms with E-state index < -0.39 is 0 Å². The molecule has 0 aliphatic carbocycles. The summed E-state index contributed by atoms with van der Waals surface area (Å²) in [5.41, 5.74) is 0.551. The smallest absolute Gasteiger partial charge is 0.235 e. The first-order chi connectivity index (χ1) is 8.19. The quantitative estimate of drug-likeness (QED) is 0.599. The summed E-state index contributed by atoms with van der Waals surface area (Å²) in [6.07, 6.45) is 1.45. The summed E-state index contributed by atoms with van der Waals surface area (Å²) in [4.78, 5) is 13.6. The van der Waals surface area contributed by atoms with E-state index in [2.05, 4.69) is 4.99 Å². The second kappa shape index (κ2) is 6.13. The molecule has 0 saturated heterocycles. The number of rotatable bonds is 5. The van der Waals surface area contributed by atoms with E-state index in [0.717, 1.165) is 0 Å². The van der Waals surface area contributed by atoms with Crippen LogP contribution in [0.15, 0.2) is 11.1 Å². The lowest BCUT2D eigenvalue weighted by Crippen LogP contribution is -1.98. The van der Waals surface area contributed by atoms with Crippen molar-refractivity contribution in [3.63, 3.8) is 0 Å². The first-order valence-corrected chi connectivity index (χ1v) is 5.08. The zero-order chi connectivity index (χ0) is 12.8. The van der Waals surface area contributed by atoms with Crippen LogP contribution >= 0.6 is 11.6 Å². The van der Waals surface area contributed by atoms with Gasteiger partial charge in [-0.1, -0.05) is 11.6 Å². The van der Waals surface area contributed by atoms with Gasteiger partial charge in [-0.3, -0.25) is 0 Å². The molecule has 1 rings (SSSR count). The summed E-state index contributed by atoms with van der Waals surface area (Å²) in [5.74, 6) is 1.31. The number of ether oxygens (including phenoxy) is 3. The van der Waals surface area contributed by atoms with Gasteiger partial charge in [0.15, 0.2) is 11.5 Å². The van der Waals surface area contributed by atoms with Gasteiger partial charge in [0, 0.05) is 11.6 Å². The third kappa shape index (κ3) is 2.70. The molecule has 0 atom stereocenters. The van der Waals surface area contributed by atoms with Crippen LogP contribution < -0.4 is 14.2 Å². The monoisotopic (exact) mass is 257 g/mol. The van der Waals surface area contributed by atoms with Crippen molar-refractivity contribution in [2.24, 2.45) is 4.99 Å². The van der Waals surface area contributed by atoms with Crippen molar-refractivity contribution in [2.75, 3.05) is 21.3 Å². The molecule has 92 valence electrons. The van der Waals surface area contributed by atoms with Gasteiger partial charge in [-0.15, -0.1) is 0 Å². The van der Waals surface area contributed by atoms with E-state index in [9.17, 15) is 4.79 Å². The standard InChI is InChI=1S/C11H12ClNO4/c1-15-8-4-9(16-2)11(17-3)10(12)7(8)5-13-6-14/h4H,5H2,1-3H3. The van der Waals surface area contributed by atoms with Crippen LogP contribution in [0.4, 0.5) is 0 Å². The Balaban J connectivity index is 3.40. The van der Waals surface area contributed by atoms with E-state index >= 15 is 0 Å². The molecule has 0 spiro atoms. The first-order valence-electron chi connectivity index (χ1n) is 4.70. The maximum Gasteiger partial charge on any atom is 0.235 e. The molecule has 5 nitrogen and oxygen atoms in total. The molecule has 1 aromatic carbocycles. The number of hydrogen-bond acceptors (Lipinski definition) is 5. The van der Waals surface area contributed by atoms with Gasteiger partial charge in [0.2, 0.25) is 6.08 Å². The first kappa shape index (κ1) is 13.4. The van der Waals surface area contributed by atoms with Gasteiger partial charge in [0.05, 0.1) is 32.9 Å². The van der Waals surface area contributed by atoms with Crippen LogP contribution in [0.2, 0.25) is 5.02 Å². The van der Waals surface area contributed by atoms with Crippen LogP contribution in [0.1, 0.15) is 5.56 Å². The number of isocyanates is 1. The van der Waals surface area contributed by atoms with Gasteiger partial charge in [-0.05, 0) is 0 Å². The molecule has 0 saturated carbocycles. The van der Waals surface area contributed by atoms with Crippen molar-refractivity contribution in [3.8, 4) is 17.2 Å². The molecular weight excluding hydrogens is 246 g/mol. The van der Waals surface area contributed by atoms with E-state index in [-0.39, 0.29) is 6.54 Å². The van der Waals surface area contributed by atoms with Gasteiger partial charge in [0.25, 0.3) is 0 Å². The number of halogens is 1. The second-order valence-corrected chi connectivity index (χ2v) is 3.39. The number of carbonyl (C=O) groups excluding carboxylic acids is 1. The average Bonchev–Trinajstić information content (AvgIpc) is 2.36. The maximum absolute atomic E-state index is 10.1. The Labute approximate surface area is 104 Å². The molecule has 0 N–H and O–H groups in total. The van der Waals surface area contributed by atoms with Gasteiger partial charge in [-0.25, -0.2) is 9.79 Å². The van der Waals surface area contributed by atoms with Gasteiger partial charge in [0.1, 0.15) is 5.75 Å². The minimum Gasteiger partial charge on any atom is -0.496 e. The van der Waals surface area contributed by atoms with Crippen LogP contribution in [0.25, 0.3) is 0 Å². The minimum atomic E-state index is 0.0753. The van der Waals surface area contributed by atoms with Gasteiger partial charge in [-0.2, -0.15) is 0 Å². The molecule has 0 aromatic heterocycles. The maximum atomic E-state index is 10.1. The predicted molar refractivity (Wildman–Crippen MR) is 62.9 cm³/mol. The highest BCUT2D eigenvalue weighted by molar-refractivity contribution is 6.33. The van der Waals surface area contributed by atoms with E-state index in [1.54, 1.807) is 6.07 Å². The fourth-order valence-corrected chi connectivity index (χ4v) is 1.73. The van der Waals surface area contributed by atoms with Crippen molar-refractivity contribution in [2.45, 2.75) is 6.54 Å². The van der Waals surface area contributed by atoms with Crippen LogP contribution in [0, 0.1) is 0 Å². The third-order valence-corrected chi connectivity index (χ3v) is 2.59. The van der Waals surface area contributed by atoms with Crippen molar-refractivity contribution < 1.29 is 19.0 Å². The van der Waals surface area contributed by atoms with Crippen LogP contribution in [-0.2, 0) is 11.3 Å². The highest BCUT2D eigenvalue weighted by atomic mass is 35.5. The minimum absolute atomic E-state index is 0.0753. The highest BCUT2D eigenvalue weighted by Gasteiger charge is 2.18. The number of methoxy groups -OCH3 is 3. The van der Waals surface area contributed by atoms with Crippen molar-refractivity contribution in [1.29, 1.82) is 0 Å². The fraction of sp³-hybridized carbons (Fsp3) is 0.364. The summed E-state index contributed by atoms with van der Waals surface area (Å²) >= 11 is 6.14. The Bertz CT molecular complexity index is 455. The van der Waals surface area contributed by atoms with E-state index in [1.165, 1.54) is 27.4 Å². The largest absolute Gasteiger partial charge is 0.496 e. The summed E-state index contributed by atoms with van der Waals surface area (Å²) < 4.78 is 15.4. The molecule has 0 aliphatic heterocycles. The topological polar surface area (TPSA) is 57.1 Å². The predicted octanol–water partition coefficient (Wildman–Crippen LogP) is 2.20. The third-order valence-electron chi connectivity index (χ3n) is 2.19. The molecule has 6 heteroatoms. The van der Waals surface area contributed by atoms with Gasteiger partial charge >= 0.3 is 0 Å². The van der Waals surface area contributed by atoms with Crippen molar-refractivity contribution in [3.05, 3.63) is 16.7 Å². The molecule has 0 fully saturated rings. The number of aliphatic imine (C=N–C) groups is 1. The lowest BCUT2D eigenvalue weighted by Gasteiger charge is -2.15. The zero-order valence-electron chi connectivity index (χ0n) is 9.74. The molecule has 0 aliphatic rings. The van der Waals surface area contributed by atoms with Crippen LogP contribution in [0.5, 0.6) is 17.2 Å². The number of nitrogens with zero attached hydrogens (tertiary/aromatic N) is 1. The van der Waals surface area contributed by atoms with Crippen molar-refractivity contribution >= 4 is 17.7 Å². The molecule has 17 heavy (non-hydrogen) atoms. The van der Waals surface area contributed by atoms with E-state index in [1.807, 2.05) is 0 Å². The fourth-order valence-electron chi connectivity index (χ4n) is 1.41. The van der Waals surface area contributed by atoms with Gasteiger partial charge < -0.3 is 14.2 Å². The Hall–Kier alpha value is -1.71. The SMILES string of the molecule is COc1cc(OC)c(OC)c(Cl)c1CN=C=O. The van der Waals surface area contributed by atoms with E-state index in [0.29, 0.717) is 27.8 Å². The Morgan fingerprint density at radius 1 is 1.24 bits per heavy atom. The summed E-state index contributed by atoms with van der Waals surface area (Å²) in [6.45, 7) is 0.0753. The molecular formula is C11H12ClNO4. The molecule has 0 unspecified atom stereocenters. The molecule has 0 amide bonds. The highest BCUT2D eigenvalue weighted by Crippen LogP contribution is 2.42. The Kier molecular flexibility index (Phi) is 4.82. The zero-order valence-corrected chi connectivity index (χ0v) is 10.5. The summed E-state index contributed by atoms with van der Waals surface area (Å²) in [7, 11) is 4.46. The molecule has 1 aromatic rings. The lowest BCUT2D eigenvalue weighted by atomic mass is 10.1. The molecule has 0 bridgehead atoms. The average molecular weight is 258 g/mol. The van der Waals surface area contributed by atoms with E-state index in [4.69, 9.17) is 25.8 Å². The Morgan fingerprint density at radius 3 is 2.35 bits per heavy atom. The number of hydrogen-bond donors (Lipinski definition) is 0. The van der Waals surface area contributed by atoms with Crippen molar-refractivity contribution in [1.82, 2.24) is 0 Å².